The van der Waals surface area contributed by atoms with Crippen molar-refractivity contribution in [1.82, 2.24) is 21.3 Å². The largest absolute Gasteiger partial charge is 0.508 e. The first kappa shape index (κ1) is 40.7. The van der Waals surface area contributed by atoms with E-state index in [-0.39, 0.29) is 37.5 Å². The molecular formula is C36H50N4O11. The van der Waals surface area contributed by atoms with Gasteiger partial charge in [-0.3, -0.25) is 14.4 Å². The summed E-state index contributed by atoms with van der Waals surface area (Å²) in [6.45, 7) is 8.40. The highest BCUT2D eigenvalue weighted by molar-refractivity contribution is 5.92. The number of ether oxygens (including phenoxy) is 3. The number of phenols is 1. The summed E-state index contributed by atoms with van der Waals surface area (Å²) in [5, 5.41) is 41.6. The number of rotatable bonds is 15. The van der Waals surface area contributed by atoms with Crippen LogP contribution in [0.1, 0.15) is 52.2 Å². The van der Waals surface area contributed by atoms with Gasteiger partial charge in [-0.1, -0.05) is 56.3 Å². The molecule has 0 spiro atoms. The van der Waals surface area contributed by atoms with Gasteiger partial charge in [0.05, 0.1) is 7.11 Å². The van der Waals surface area contributed by atoms with Crippen molar-refractivity contribution in [2.24, 2.45) is 5.92 Å². The van der Waals surface area contributed by atoms with Crippen molar-refractivity contribution in [3.05, 3.63) is 65.7 Å². The first-order valence-electron chi connectivity index (χ1n) is 16.8. The Morgan fingerprint density at radius 1 is 0.804 bits per heavy atom. The average Bonchev–Trinajstić information content (AvgIpc) is 3.35. The molecular weight excluding hydrogens is 664 g/mol. The zero-order valence-electron chi connectivity index (χ0n) is 29.8. The fourth-order valence-corrected chi connectivity index (χ4v) is 5.40. The predicted molar refractivity (Wildman–Crippen MR) is 184 cm³/mol. The summed E-state index contributed by atoms with van der Waals surface area (Å²) in [6.07, 6.45) is -6.69. The van der Waals surface area contributed by atoms with E-state index in [0.29, 0.717) is 11.1 Å². The average molecular weight is 715 g/mol. The molecule has 0 saturated carbocycles. The van der Waals surface area contributed by atoms with E-state index in [9.17, 15) is 39.3 Å². The Labute approximate surface area is 297 Å². The molecule has 1 fully saturated rings. The van der Waals surface area contributed by atoms with Gasteiger partial charge in [0.2, 0.25) is 11.8 Å². The number of methoxy groups -OCH3 is 1. The van der Waals surface area contributed by atoms with Gasteiger partial charge in [0, 0.05) is 19.4 Å². The third-order valence-electron chi connectivity index (χ3n) is 7.91. The second-order valence-corrected chi connectivity index (χ2v) is 13.9. The van der Waals surface area contributed by atoms with Crippen LogP contribution in [0.5, 0.6) is 5.75 Å². The van der Waals surface area contributed by atoms with Crippen LogP contribution >= 0.6 is 0 Å². The molecule has 1 heterocycles. The van der Waals surface area contributed by atoms with Gasteiger partial charge in [-0.15, -0.1) is 0 Å². The molecule has 7 N–H and O–H groups in total. The Morgan fingerprint density at radius 2 is 1.39 bits per heavy atom. The maximum atomic E-state index is 13.5. The highest BCUT2D eigenvalue weighted by Crippen LogP contribution is 2.22. The molecule has 0 aliphatic carbocycles. The van der Waals surface area contributed by atoms with Crippen LogP contribution in [0, 0.1) is 5.92 Å². The molecule has 0 aromatic heterocycles. The summed E-state index contributed by atoms with van der Waals surface area (Å²) >= 11 is 0. The molecule has 0 radical (unpaired) electrons. The maximum absolute atomic E-state index is 13.5. The van der Waals surface area contributed by atoms with E-state index in [0.717, 1.165) is 0 Å². The van der Waals surface area contributed by atoms with E-state index in [2.05, 4.69) is 21.3 Å². The number of benzene rings is 2. The van der Waals surface area contributed by atoms with Crippen molar-refractivity contribution in [3.63, 3.8) is 0 Å². The predicted octanol–water partition coefficient (Wildman–Crippen LogP) is 0.865. The van der Waals surface area contributed by atoms with Crippen molar-refractivity contribution in [2.45, 2.75) is 102 Å². The molecule has 0 unspecified atom stereocenters. The summed E-state index contributed by atoms with van der Waals surface area (Å²) in [6, 6.07) is 11.6. The van der Waals surface area contributed by atoms with Gasteiger partial charge in [-0.05, 0) is 56.4 Å². The second kappa shape index (κ2) is 18.5. The van der Waals surface area contributed by atoms with Crippen molar-refractivity contribution in [2.75, 3.05) is 13.7 Å². The molecule has 0 bridgehead atoms. The highest BCUT2D eigenvalue weighted by atomic mass is 16.6. The van der Waals surface area contributed by atoms with Gasteiger partial charge in [0.25, 0.3) is 5.91 Å². The molecule has 1 saturated heterocycles. The van der Waals surface area contributed by atoms with Crippen LogP contribution < -0.4 is 21.3 Å². The monoisotopic (exact) mass is 714 g/mol. The van der Waals surface area contributed by atoms with Gasteiger partial charge in [-0.25, -0.2) is 9.59 Å². The lowest BCUT2D eigenvalue weighted by molar-refractivity contribution is -0.146. The fraction of sp³-hybridized carbons (Fsp3) is 0.528. The Bertz CT molecular complexity index is 1480. The fourth-order valence-electron chi connectivity index (χ4n) is 5.40. The standard InChI is InChI=1S/C36H50N4O11/c1-20(2)16-26(34(47)49-6)39-32(45)25(17-21-10-8-7-9-11-21)38-33(46)30-29(43)28(42)27(50-30)19-37-31(44)24(40-35(48)51-36(3,4)5)18-22-12-14-23(41)15-13-22/h7-15,20,24-30,41-43H,16-19H2,1-6H3,(H,37,44)(H,38,46)(H,39,45)(H,40,48)/t24-,25-,26-,27+,28+,29-,30-/m0/s1. The molecule has 280 valence electrons. The van der Waals surface area contributed by atoms with Gasteiger partial charge < -0.3 is 50.8 Å². The summed E-state index contributed by atoms with van der Waals surface area (Å²) in [5.74, 6) is -2.83. The highest BCUT2D eigenvalue weighted by Gasteiger charge is 2.47. The molecule has 2 aromatic carbocycles. The van der Waals surface area contributed by atoms with E-state index < -0.39 is 77.9 Å². The number of nitrogens with one attached hydrogen (secondary N) is 4. The van der Waals surface area contributed by atoms with Crippen LogP contribution in [0.3, 0.4) is 0 Å². The Hall–Kier alpha value is -4.73. The van der Waals surface area contributed by atoms with Crippen LogP contribution in [-0.4, -0.2) is 107 Å². The second-order valence-electron chi connectivity index (χ2n) is 13.9. The van der Waals surface area contributed by atoms with Crippen molar-refractivity contribution in [1.29, 1.82) is 0 Å². The first-order valence-corrected chi connectivity index (χ1v) is 16.8. The van der Waals surface area contributed by atoms with Gasteiger partial charge in [0.15, 0.2) is 6.10 Å². The molecule has 1 aliphatic heterocycles. The minimum Gasteiger partial charge on any atom is -0.508 e. The minimum absolute atomic E-state index is 0.0198. The summed E-state index contributed by atoms with van der Waals surface area (Å²) in [7, 11) is 1.21. The zero-order valence-corrected chi connectivity index (χ0v) is 29.8. The molecule has 15 heteroatoms. The molecule has 15 nitrogen and oxygen atoms in total. The van der Waals surface area contributed by atoms with E-state index in [4.69, 9.17) is 14.2 Å². The number of phenolic OH excluding ortho intramolecular Hbond substituents is 1. The SMILES string of the molecule is COC(=O)[C@H](CC(C)C)NC(=O)[C@H](Cc1ccccc1)NC(=O)[C@H]1O[C@H](CNC(=O)[C@H](Cc2ccc(O)cc2)NC(=O)OC(C)(C)C)[C@@H](O)[C@@H]1O. The van der Waals surface area contributed by atoms with Gasteiger partial charge in [-0.2, -0.15) is 0 Å². The Morgan fingerprint density at radius 3 is 1.96 bits per heavy atom. The summed E-state index contributed by atoms with van der Waals surface area (Å²) in [4.78, 5) is 65.2. The number of carbonyl (C=O) groups excluding carboxylic acids is 5. The normalized spacial score (nSPS) is 20.4. The number of esters is 1. The number of carbonyl (C=O) groups is 5. The van der Waals surface area contributed by atoms with E-state index in [1.54, 1.807) is 63.2 Å². The van der Waals surface area contributed by atoms with Crippen LogP contribution in [0.25, 0.3) is 0 Å². The van der Waals surface area contributed by atoms with Gasteiger partial charge in [0.1, 0.15) is 47.8 Å². The molecule has 51 heavy (non-hydrogen) atoms. The van der Waals surface area contributed by atoms with E-state index in [1.807, 2.05) is 13.8 Å². The number of aliphatic hydroxyl groups is 2. The smallest absolute Gasteiger partial charge is 0.408 e. The maximum Gasteiger partial charge on any atom is 0.408 e. The van der Waals surface area contributed by atoms with Crippen LogP contribution in [0.15, 0.2) is 54.6 Å². The van der Waals surface area contributed by atoms with E-state index in [1.165, 1.54) is 19.2 Å². The third-order valence-corrected chi connectivity index (χ3v) is 7.91. The number of hydrogen-bond donors (Lipinski definition) is 7. The lowest BCUT2D eigenvalue weighted by Crippen LogP contribution is -2.55. The lowest BCUT2D eigenvalue weighted by atomic mass is 10.0. The topological polar surface area (TPSA) is 222 Å². The quantitative estimate of drug-likeness (QED) is 0.128. The van der Waals surface area contributed by atoms with Crippen molar-refractivity contribution >= 4 is 29.8 Å². The molecule has 1 aliphatic rings. The minimum atomic E-state index is -1.72. The number of hydrogen-bond acceptors (Lipinski definition) is 11. The third kappa shape index (κ3) is 12.8. The lowest BCUT2D eigenvalue weighted by Gasteiger charge is -2.25. The van der Waals surface area contributed by atoms with Crippen LogP contribution in [-0.2, 0) is 46.2 Å². The first-order chi connectivity index (χ1) is 24.0. The summed E-state index contributed by atoms with van der Waals surface area (Å²) in [5.41, 5.74) is 0.478. The number of amides is 4. The molecule has 3 rings (SSSR count). The summed E-state index contributed by atoms with van der Waals surface area (Å²) < 4.78 is 15.9. The van der Waals surface area contributed by atoms with Crippen molar-refractivity contribution in [3.8, 4) is 5.75 Å². The molecule has 2 aromatic rings. The number of alkyl carbamates (subject to hydrolysis) is 1. The van der Waals surface area contributed by atoms with Crippen LogP contribution in [0.2, 0.25) is 0 Å². The molecule has 7 atom stereocenters. The van der Waals surface area contributed by atoms with E-state index >= 15 is 0 Å². The number of aliphatic hydroxyl groups excluding tert-OH is 2. The van der Waals surface area contributed by atoms with Crippen molar-refractivity contribution < 1.29 is 53.5 Å². The van der Waals surface area contributed by atoms with Crippen LogP contribution in [0.4, 0.5) is 4.79 Å². The number of aromatic hydroxyl groups is 1. The van der Waals surface area contributed by atoms with Gasteiger partial charge >= 0.3 is 12.1 Å². The molecule has 4 amide bonds. The Balaban J connectivity index is 1.71. The zero-order chi connectivity index (χ0) is 37.9. The Kier molecular flexibility index (Phi) is 14.8.